The van der Waals surface area contributed by atoms with Crippen LogP contribution in [0.4, 0.5) is 0 Å². The monoisotopic (exact) mass is 371 g/mol. The van der Waals surface area contributed by atoms with Crippen LogP contribution in [0, 0.1) is 6.92 Å². The van der Waals surface area contributed by atoms with Crippen LogP contribution in [0.5, 0.6) is 0 Å². The molecule has 24 heavy (non-hydrogen) atoms. The van der Waals surface area contributed by atoms with Crippen molar-refractivity contribution in [1.29, 1.82) is 0 Å². The van der Waals surface area contributed by atoms with Crippen LogP contribution in [-0.2, 0) is 14.8 Å². The van der Waals surface area contributed by atoms with Gasteiger partial charge in [0.1, 0.15) is 15.8 Å². The SMILES string of the molecule is CC[C@H](Cl)C1=[N+](S(=O)(=O)c2ccc(C)cc2)[C@H](C(C)=O)C(C)(C)N1. The van der Waals surface area contributed by atoms with E-state index < -0.39 is 27.0 Å². The molecule has 2 atom stereocenters. The van der Waals surface area contributed by atoms with Crippen molar-refractivity contribution in [3.05, 3.63) is 29.8 Å². The van der Waals surface area contributed by atoms with Crippen molar-refractivity contribution < 1.29 is 17.2 Å². The molecule has 0 spiro atoms. The van der Waals surface area contributed by atoms with E-state index in [2.05, 4.69) is 5.32 Å². The number of carbonyl (C=O) groups is 1. The summed E-state index contributed by atoms with van der Waals surface area (Å²) in [6.45, 7) is 8.78. The average molecular weight is 372 g/mol. The van der Waals surface area contributed by atoms with Gasteiger partial charge in [-0.05, 0) is 46.2 Å². The van der Waals surface area contributed by atoms with Crippen molar-refractivity contribution in [2.45, 2.75) is 62.9 Å². The third kappa shape index (κ3) is 3.22. The maximum absolute atomic E-state index is 13.2. The number of hydrogen-bond donors (Lipinski definition) is 1. The van der Waals surface area contributed by atoms with E-state index in [9.17, 15) is 13.2 Å². The fourth-order valence-electron chi connectivity index (χ4n) is 3.06. The Morgan fingerprint density at radius 2 is 1.88 bits per heavy atom. The Bertz CT molecular complexity index is 783. The van der Waals surface area contributed by atoms with Gasteiger partial charge in [-0.2, -0.15) is 8.42 Å². The van der Waals surface area contributed by atoms with Crippen LogP contribution in [0.2, 0.25) is 0 Å². The molecule has 1 aromatic carbocycles. The molecule has 132 valence electrons. The van der Waals surface area contributed by atoms with Crippen LogP contribution >= 0.6 is 11.6 Å². The molecule has 0 saturated carbocycles. The van der Waals surface area contributed by atoms with Crippen molar-refractivity contribution >= 4 is 33.2 Å². The minimum absolute atomic E-state index is 0.149. The molecule has 0 radical (unpaired) electrons. The Hall–Kier alpha value is -1.40. The number of nitrogens with zero attached hydrogens (tertiary/aromatic N) is 1. The van der Waals surface area contributed by atoms with Gasteiger partial charge in [-0.25, -0.2) is 0 Å². The maximum Gasteiger partial charge on any atom is 0.331 e. The first-order valence-electron chi connectivity index (χ1n) is 7.93. The van der Waals surface area contributed by atoms with Crippen molar-refractivity contribution in [3.8, 4) is 0 Å². The molecule has 5 nitrogen and oxygen atoms in total. The number of nitrogens with one attached hydrogen (secondary N) is 1. The lowest BCUT2D eigenvalue weighted by Gasteiger charge is -2.21. The molecule has 0 aromatic heterocycles. The number of amidine groups is 1. The van der Waals surface area contributed by atoms with Crippen LogP contribution in [0.1, 0.15) is 39.7 Å². The number of sulfonamides is 1. The average Bonchev–Trinajstić information content (AvgIpc) is 2.79. The molecule has 1 N–H and O–H groups in total. The topological polar surface area (TPSA) is 66.2 Å². The standard InChI is InChI=1S/C17H23ClN2O3S/c1-6-14(18)16-19-17(4,5)15(12(3)21)20(16)24(22,23)13-9-7-11(2)8-10-13/h7-10,14-15H,6H2,1-5H3/p+1/t14-,15+/m0/s1. The molecule has 7 heteroatoms. The molecule has 1 aliphatic heterocycles. The molecular weight excluding hydrogens is 348 g/mol. The molecule has 1 heterocycles. The first-order valence-corrected chi connectivity index (χ1v) is 9.80. The smallest absolute Gasteiger partial charge is 0.295 e. The highest BCUT2D eigenvalue weighted by Gasteiger charge is 2.56. The van der Waals surface area contributed by atoms with Crippen LogP contribution in [0.15, 0.2) is 29.2 Å². The molecule has 1 aromatic rings. The summed E-state index contributed by atoms with van der Waals surface area (Å²) in [6.07, 6.45) is 0.546. The Morgan fingerprint density at radius 3 is 2.33 bits per heavy atom. The Kier molecular flexibility index (Phi) is 5.11. The molecule has 1 aliphatic rings. The van der Waals surface area contributed by atoms with Gasteiger partial charge in [0, 0.05) is 0 Å². The van der Waals surface area contributed by atoms with E-state index in [1.54, 1.807) is 24.3 Å². The number of alkyl halides is 1. The second-order valence-electron chi connectivity index (χ2n) is 6.73. The van der Waals surface area contributed by atoms with Crippen molar-refractivity contribution in [3.63, 3.8) is 0 Å². The van der Waals surface area contributed by atoms with Gasteiger partial charge in [0.2, 0.25) is 6.04 Å². The lowest BCUT2D eigenvalue weighted by atomic mass is 9.94. The second kappa shape index (κ2) is 6.48. The van der Waals surface area contributed by atoms with Crippen molar-refractivity contribution in [2.75, 3.05) is 0 Å². The van der Waals surface area contributed by atoms with E-state index in [4.69, 9.17) is 11.6 Å². The zero-order valence-corrected chi connectivity index (χ0v) is 16.2. The van der Waals surface area contributed by atoms with Crippen LogP contribution in [0.25, 0.3) is 0 Å². The summed E-state index contributed by atoms with van der Waals surface area (Å²) in [7, 11) is -3.90. The van der Waals surface area contributed by atoms with Gasteiger partial charge in [-0.15, -0.1) is 15.6 Å². The van der Waals surface area contributed by atoms with E-state index >= 15 is 0 Å². The van der Waals surface area contributed by atoms with Gasteiger partial charge in [-0.3, -0.25) is 10.1 Å². The van der Waals surface area contributed by atoms with Gasteiger partial charge in [0.05, 0.1) is 0 Å². The summed E-state index contributed by atoms with van der Waals surface area (Å²) in [5.74, 6) is 0.142. The summed E-state index contributed by atoms with van der Waals surface area (Å²) in [6, 6.07) is 5.75. The molecule has 0 aliphatic carbocycles. The van der Waals surface area contributed by atoms with E-state index in [0.29, 0.717) is 12.3 Å². The maximum atomic E-state index is 13.2. The van der Waals surface area contributed by atoms with Crippen molar-refractivity contribution in [1.82, 2.24) is 5.32 Å². The minimum atomic E-state index is -3.90. The fraction of sp³-hybridized carbons (Fsp3) is 0.529. The summed E-state index contributed by atoms with van der Waals surface area (Å²) in [5, 5.41) is 2.64. The summed E-state index contributed by atoms with van der Waals surface area (Å²) in [5.41, 5.74) is 0.228. The lowest BCUT2D eigenvalue weighted by molar-refractivity contribution is -0.399. The molecule has 2 rings (SSSR count). The van der Waals surface area contributed by atoms with Crippen LogP contribution in [-0.4, -0.2) is 41.0 Å². The van der Waals surface area contributed by atoms with Crippen LogP contribution < -0.4 is 5.32 Å². The molecule has 0 unspecified atom stereocenters. The largest absolute Gasteiger partial charge is 0.331 e. The predicted molar refractivity (Wildman–Crippen MR) is 95.2 cm³/mol. The fourth-order valence-corrected chi connectivity index (χ4v) is 5.11. The number of Topliss-reactive ketones (excluding diaryl/α,β-unsaturated/α-hetero) is 1. The van der Waals surface area contributed by atoms with Crippen LogP contribution in [0.3, 0.4) is 0 Å². The lowest BCUT2D eigenvalue weighted by Crippen LogP contribution is -2.50. The number of carbonyl (C=O) groups excluding carboxylic acids is 1. The highest BCUT2D eigenvalue weighted by molar-refractivity contribution is 7.85. The van der Waals surface area contributed by atoms with Gasteiger partial charge in [-0.1, -0.05) is 24.6 Å². The Balaban J connectivity index is 2.71. The zero-order chi connectivity index (χ0) is 18.3. The molecule has 0 saturated heterocycles. The van der Waals surface area contributed by atoms with Crippen molar-refractivity contribution in [2.24, 2.45) is 0 Å². The predicted octanol–water partition coefficient (Wildman–Crippen LogP) is 2.45. The van der Waals surface area contributed by atoms with Gasteiger partial charge in [0.25, 0.3) is 5.84 Å². The molecule has 0 amide bonds. The minimum Gasteiger partial charge on any atom is -0.295 e. The number of hydrogen-bond acceptors (Lipinski definition) is 4. The quantitative estimate of drug-likeness (QED) is 0.637. The number of halogens is 1. The number of benzene rings is 1. The highest BCUT2D eigenvalue weighted by Crippen LogP contribution is 2.28. The Morgan fingerprint density at radius 1 is 1.33 bits per heavy atom. The molecule has 0 fully saturated rings. The first kappa shape index (κ1) is 18.9. The third-order valence-corrected chi connectivity index (χ3v) is 6.53. The zero-order valence-electron chi connectivity index (χ0n) is 14.6. The summed E-state index contributed by atoms with van der Waals surface area (Å²) in [4.78, 5) is 12.4. The summed E-state index contributed by atoms with van der Waals surface area (Å²) < 4.78 is 27.6. The molecule has 0 bridgehead atoms. The van der Waals surface area contributed by atoms with Gasteiger partial charge < -0.3 is 0 Å². The summed E-state index contributed by atoms with van der Waals surface area (Å²) >= 11 is 6.37. The first-order chi connectivity index (χ1) is 11.0. The molecular formula is C17H24ClN2O3S+. The van der Waals surface area contributed by atoms with E-state index in [1.807, 2.05) is 27.7 Å². The number of ketones is 1. The number of rotatable bonds is 5. The third-order valence-electron chi connectivity index (χ3n) is 4.22. The normalized spacial score (nSPS) is 21.5. The van der Waals surface area contributed by atoms with E-state index in [1.165, 1.54) is 10.9 Å². The number of aryl methyl sites for hydroxylation is 1. The van der Waals surface area contributed by atoms with E-state index in [0.717, 1.165) is 5.56 Å². The second-order valence-corrected chi connectivity index (χ2v) is 9.08. The Labute approximate surface area is 148 Å². The van der Waals surface area contributed by atoms with E-state index in [-0.39, 0.29) is 10.7 Å². The van der Waals surface area contributed by atoms with Gasteiger partial charge >= 0.3 is 10.0 Å². The van der Waals surface area contributed by atoms with Gasteiger partial charge in [0.15, 0.2) is 5.78 Å². The highest BCUT2D eigenvalue weighted by atomic mass is 35.5.